The van der Waals surface area contributed by atoms with Crippen molar-refractivity contribution >= 4 is 46.8 Å². The molecule has 35 heavy (non-hydrogen) atoms. The number of carbonyl (C=O) groups is 2. The smallest absolute Gasteiger partial charge is 0.243 e. The van der Waals surface area contributed by atoms with Crippen LogP contribution in [-0.4, -0.2) is 34.6 Å². The second kappa shape index (κ2) is 13.6. The normalized spacial score (nSPS) is 11.8. The van der Waals surface area contributed by atoms with E-state index in [9.17, 15) is 9.59 Å². The zero-order valence-corrected chi connectivity index (χ0v) is 22.2. The van der Waals surface area contributed by atoms with Gasteiger partial charge in [-0.2, -0.15) is 0 Å². The molecule has 0 heterocycles. The third-order valence-corrected chi connectivity index (χ3v) is 7.08. The van der Waals surface area contributed by atoms with E-state index in [4.69, 9.17) is 23.2 Å². The number of amides is 2. The van der Waals surface area contributed by atoms with Crippen molar-refractivity contribution in [2.24, 2.45) is 0 Å². The Morgan fingerprint density at radius 1 is 0.857 bits per heavy atom. The number of carbonyl (C=O) groups excluding carboxylic acids is 2. The van der Waals surface area contributed by atoms with E-state index in [1.807, 2.05) is 74.5 Å². The van der Waals surface area contributed by atoms with Gasteiger partial charge in [-0.15, -0.1) is 11.8 Å². The molecule has 0 aromatic heterocycles. The summed E-state index contributed by atoms with van der Waals surface area (Å²) in [6, 6.07) is 24.2. The minimum absolute atomic E-state index is 0.0359. The summed E-state index contributed by atoms with van der Waals surface area (Å²) in [6.07, 6.45) is 0.430. The Bertz CT molecular complexity index is 1090. The van der Waals surface area contributed by atoms with Crippen molar-refractivity contribution in [3.8, 4) is 0 Å². The average Bonchev–Trinajstić information content (AvgIpc) is 2.84. The zero-order chi connectivity index (χ0) is 25.2. The lowest BCUT2D eigenvalue weighted by Gasteiger charge is -2.32. The van der Waals surface area contributed by atoms with Crippen molar-refractivity contribution in [3.63, 3.8) is 0 Å². The van der Waals surface area contributed by atoms with Gasteiger partial charge in [-0.3, -0.25) is 9.59 Å². The molecule has 0 radical (unpaired) electrons. The first-order valence-electron chi connectivity index (χ1n) is 11.5. The molecule has 4 nitrogen and oxygen atoms in total. The van der Waals surface area contributed by atoms with Gasteiger partial charge in [-0.25, -0.2) is 0 Å². The molecule has 3 aromatic carbocycles. The Kier molecular flexibility index (Phi) is 10.5. The second-order valence-electron chi connectivity index (χ2n) is 8.57. The van der Waals surface area contributed by atoms with Crippen LogP contribution in [0.15, 0.2) is 78.9 Å². The van der Waals surface area contributed by atoms with Crippen LogP contribution in [0.1, 0.15) is 30.5 Å². The summed E-state index contributed by atoms with van der Waals surface area (Å²) in [6.45, 7) is 4.18. The maximum absolute atomic E-state index is 13.6. The number of hydrogen-bond donors (Lipinski definition) is 1. The Labute approximate surface area is 222 Å². The Balaban J connectivity index is 1.84. The number of nitrogens with zero attached hydrogens (tertiary/aromatic N) is 1. The largest absolute Gasteiger partial charge is 0.352 e. The summed E-state index contributed by atoms with van der Waals surface area (Å²) in [5.74, 6) is 0.439. The van der Waals surface area contributed by atoms with Crippen molar-refractivity contribution in [2.45, 2.75) is 44.6 Å². The lowest BCUT2D eigenvalue weighted by atomic mass is 10.0. The van der Waals surface area contributed by atoms with Crippen LogP contribution in [0.3, 0.4) is 0 Å². The molecule has 0 aliphatic heterocycles. The number of benzene rings is 3. The zero-order valence-electron chi connectivity index (χ0n) is 19.9. The standard InChI is InChI=1S/C28H30Cl2N2O2S/c1-20(2)31-28(34)26(16-21-10-5-3-6-11-21)32(17-22-12-7-4-8-13-22)27(33)19-35-18-23-24(29)14-9-15-25(23)30/h3-15,20,26H,16-19H2,1-2H3,(H,31,34)/t26-/m1/s1. The van der Waals surface area contributed by atoms with E-state index in [1.54, 1.807) is 23.1 Å². The summed E-state index contributed by atoms with van der Waals surface area (Å²) in [5.41, 5.74) is 2.77. The number of halogens is 2. The summed E-state index contributed by atoms with van der Waals surface area (Å²) in [4.78, 5) is 28.6. The second-order valence-corrected chi connectivity index (χ2v) is 10.4. The molecule has 0 unspecified atom stereocenters. The molecule has 0 saturated heterocycles. The third-order valence-electron chi connectivity index (χ3n) is 5.43. The van der Waals surface area contributed by atoms with E-state index >= 15 is 0 Å². The van der Waals surface area contributed by atoms with Crippen LogP contribution < -0.4 is 5.32 Å². The SMILES string of the molecule is CC(C)NC(=O)[C@@H](Cc1ccccc1)N(Cc1ccccc1)C(=O)CSCc1c(Cl)cccc1Cl. The predicted octanol–water partition coefficient (Wildman–Crippen LogP) is 6.39. The monoisotopic (exact) mass is 528 g/mol. The fraction of sp³-hybridized carbons (Fsp3) is 0.286. The highest BCUT2D eigenvalue weighted by Crippen LogP contribution is 2.28. The molecule has 0 saturated carbocycles. The van der Waals surface area contributed by atoms with Crippen LogP contribution in [0.4, 0.5) is 0 Å². The van der Waals surface area contributed by atoms with Crippen molar-refractivity contribution in [1.82, 2.24) is 10.2 Å². The van der Waals surface area contributed by atoms with Crippen molar-refractivity contribution in [3.05, 3.63) is 106 Å². The van der Waals surface area contributed by atoms with Gasteiger partial charge in [0.2, 0.25) is 11.8 Å². The maximum atomic E-state index is 13.6. The Morgan fingerprint density at radius 3 is 2.00 bits per heavy atom. The molecule has 1 N–H and O–H groups in total. The average molecular weight is 530 g/mol. The van der Waals surface area contributed by atoms with Crippen LogP contribution >= 0.6 is 35.0 Å². The van der Waals surface area contributed by atoms with Gasteiger partial charge in [-0.05, 0) is 42.7 Å². The quantitative estimate of drug-likeness (QED) is 0.313. The lowest BCUT2D eigenvalue weighted by Crippen LogP contribution is -2.52. The Hall–Kier alpha value is -2.47. The highest BCUT2D eigenvalue weighted by atomic mass is 35.5. The first-order valence-corrected chi connectivity index (χ1v) is 13.4. The van der Waals surface area contributed by atoms with E-state index in [1.165, 1.54) is 11.8 Å². The summed E-state index contributed by atoms with van der Waals surface area (Å²) in [5, 5.41) is 4.17. The third kappa shape index (κ3) is 8.31. The minimum Gasteiger partial charge on any atom is -0.352 e. The molecule has 3 aromatic rings. The van der Waals surface area contributed by atoms with Gasteiger partial charge < -0.3 is 10.2 Å². The maximum Gasteiger partial charge on any atom is 0.243 e. The highest BCUT2D eigenvalue weighted by Gasteiger charge is 2.30. The van der Waals surface area contributed by atoms with Crippen LogP contribution in [0, 0.1) is 0 Å². The van der Waals surface area contributed by atoms with Crippen LogP contribution in [0.2, 0.25) is 10.0 Å². The molecule has 0 aliphatic carbocycles. The van der Waals surface area contributed by atoms with Crippen molar-refractivity contribution in [1.29, 1.82) is 0 Å². The molecule has 0 aliphatic rings. The van der Waals surface area contributed by atoms with Gasteiger partial charge in [0.05, 0.1) is 5.75 Å². The molecule has 3 rings (SSSR count). The van der Waals surface area contributed by atoms with Crippen molar-refractivity contribution in [2.75, 3.05) is 5.75 Å². The topological polar surface area (TPSA) is 49.4 Å². The molecular formula is C28H30Cl2N2O2S. The van der Waals surface area contributed by atoms with Crippen LogP contribution in [-0.2, 0) is 28.3 Å². The van der Waals surface area contributed by atoms with Gasteiger partial charge >= 0.3 is 0 Å². The van der Waals surface area contributed by atoms with Gasteiger partial charge in [0, 0.05) is 34.8 Å². The van der Waals surface area contributed by atoms with Gasteiger partial charge in [0.1, 0.15) is 6.04 Å². The van der Waals surface area contributed by atoms with Crippen molar-refractivity contribution < 1.29 is 9.59 Å². The molecule has 1 atom stereocenters. The van der Waals surface area contributed by atoms with E-state index < -0.39 is 6.04 Å². The number of nitrogens with one attached hydrogen (secondary N) is 1. The summed E-state index contributed by atoms with van der Waals surface area (Å²) < 4.78 is 0. The number of thioether (sulfide) groups is 1. The van der Waals surface area contributed by atoms with E-state index in [2.05, 4.69) is 5.32 Å². The molecule has 0 bridgehead atoms. The van der Waals surface area contributed by atoms with E-state index in [0.29, 0.717) is 28.8 Å². The fourth-order valence-corrected chi connectivity index (χ4v) is 5.36. The van der Waals surface area contributed by atoms with Crippen LogP contribution in [0.5, 0.6) is 0 Å². The minimum atomic E-state index is -0.642. The van der Waals surface area contributed by atoms with Crippen LogP contribution in [0.25, 0.3) is 0 Å². The first-order chi connectivity index (χ1) is 16.8. The highest BCUT2D eigenvalue weighted by molar-refractivity contribution is 7.99. The predicted molar refractivity (Wildman–Crippen MR) is 147 cm³/mol. The van der Waals surface area contributed by atoms with Gasteiger partial charge in [-0.1, -0.05) is 89.9 Å². The van der Waals surface area contributed by atoms with Gasteiger partial charge in [0.15, 0.2) is 0 Å². The fourth-order valence-electron chi connectivity index (χ4n) is 3.71. The molecule has 2 amide bonds. The summed E-state index contributed by atoms with van der Waals surface area (Å²) >= 11 is 14.0. The van der Waals surface area contributed by atoms with Gasteiger partial charge in [0.25, 0.3) is 0 Å². The van der Waals surface area contributed by atoms with E-state index in [0.717, 1.165) is 16.7 Å². The molecule has 0 spiro atoms. The summed E-state index contributed by atoms with van der Waals surface area (Å²) in [7, 11) is 0. The number of rotatable bonds is 11. The molecule has 7 heteroatoms. The molecule has 0 fully saturated rings. The molecule has 184 valence electrons. The van der Waals surface area contributed by atoms with E-state index in [-0.39, 0.29) is 23.6 Å². The molecular weight excluding hydrogens is 499 g/mol. The Morgan fingerprint density at radius 2 is 1.43 bits per heavy atom. The lowest BCUT2D eigenvalue weighted by molar-refractivity contribution is -0.139. The number of hydrogen-bond acceptors (Lipinski definition) is 3. The first kappa shape index (κ1) is 27.1.